The molecule has 0 radical (unpaired) electrons. The van der Waals surface area contributed by atoms with Gasteiger partial charge in [0.05, 0.1) is 11.4 Å². The average molecular weight is 351 g/mol. The minimum absolute atomic E-state index is 0.234. The molecule has 1 heterocycles. The van der Waals surface area contributed by atoms with Gasteiger partial charge in [0, 0.05) is 23.8 Å². The average Bonchev–Trinajstić information content (AvgIpc) is 2.94. The van der Waals surface area contributed by atoms with E-state index in [9.17, 15) is 4.39 Å². The summed E-state index contributed by atoms with van der Waals surface area (Å²) in [6, 6.07) is 17.4. The largest absolute Gasteiger partial charge is 0.306 e. The van der Waals surface area contributed by atoms with E-state index in [1.54, 1.807) is 12.1 Å². The Labute approximate surface area is 154 Å². The molecule has 26 heavy (non-hydrogen) atoms. The Kier molecular flexibility index (Phi) is 5.84. The van der Waals surface area contributed by atoms with Crippen LogP contribution in [0.2, 0.25) is 0 Å². The van der Waals surface area contributed by atoms with Crippen LogP contribution in [0.3, 0.4) is 0 Å². The van der Waals surface area contributed by atoms with Crippen molar-refractivity contribution in [3.63, 3.8) is 0 Å². The van der Waals surface area contributed by atoms with Gasteiger partial charge in [-0.25, -0.2) is 9.07 Å². The molecule has 0 saturated carbocycles. The van der Waals surface area contributed by atoms with Crippen molar-refractivity contribution in [3.05, 3.63) is 82.9 Å². The van der Waals surface area contributed by atoms with Crippen molar-refractivity contribution in [2.75, 3.05) is 0 Å². The number of benzene rings is 2. The van der Waals surface area contributed by atoms with E-state index in [-0.39, 0.29) is 5.82 Å². The van der Waals surface area contributed by atoms with Crippen LogP contribution in [0.5, 0.6) is 0 Å². The number of aromatic nitrogens is 2. The number of nitrogens with zero attached hydrogens (tertiary/aromatic N) is 2. The van der Waals surface area contributed by atoms with Gasteiger partial charge >= 0.3 is 0 Å². The van der Waals surface area contributed by atoms with Gasteiger partial charge in [0.1, 0.15) is 5.82 Å². The van der Waals surface area contributed by atoms with Crippen LogP contribution < -0.4 is 5.32 Å². The molecular weight excluding hydrogens is 325 g/mol. The molecule has 136 valence electrons. The lowest BCUT2D eigenvalue weighted by atomic mass is 10.0. The molecule has 0 amide bonds. The molecule has 0 fully saturated rings. The van der Waals surface area contributed by atoms with Crippen molar-refractivity contribution in [1.29, 1.82) is 0 Å². The van der Waals surface area contributed by atoms with E-state index in [2.05, 4.69) is 48.5 Å². The lowest BCUT2D eigenvalue weighted by Crippen LogP contribution is -2.21. The third-order valence-corrected chi connectivity index (χ3v) is 4.82. The molecular formula is C22H26FN3. The van der Waals surface area contributed by atoms with Crippen LogP contribution in [0, 0.1) is 19.7 Å². The van der Waals surface area contributed by atoms with Gasteiger partial charge in [0.15, 0.2) is 0 Å². The fourth-order valence-corrected chi connectivity index (χ4v) is 3.35. The summed E-state index contributed by atoms with van der Waals surface area (Å²) in [5, 5.41) is 8.36. The van der Waals surface area contributed by atoms with Gasteiger partial charge in [-0.05, 0) is 50.1 Å². The standard InChI is InChI=1S/C22H26FN3/c1-4-8-22(18-9-6-5-7-10-18)24-15-21-16(2)25-26(17(21)3)20-13-11-19(23)12-14-20/h5-7,9-14,22,24H,4,8,15H2,1-3H3. The molecule has 0 aliphatic carbocycles. The van der Waals surface area contributed by atoms with Crippen LogP contribution in [0.4, 0.5) is 4.39 Å². The molecule has 0 bridgehead atoms. The van der Waals surface area contributed by atoms with Gasteiger partial charge in [0.2, 0.25) is 0 Å². The molecule has 0 saturated heterocycles. The van der Waals surface area contributed by atoms with E-state index in [4.69, 9.17) is 0 Å². The molecule has 0 spiro atoms. The maximum absolute atomic E-state index is 13.2. The lowest BCUT2D eigenvalue weighted by molar-refractivity contribution is 0.492. The quantitative estimate of drug-likeness (QED) is 0.629. The van der Waals surface area contributed by atoms with Crippen LogP contribution in [-0.4, -0.2) is 9.78 Å². The van der Waals surface area contributed by atoms with Crippen LogP contribution in [0.1, 0.15) is 48.3 Å². The molecule has 3 aromatic rings. The predicted octanol–water partition coefficient (Wildman–Crippen LogP) is 5.26. The van der Waals surface area contributed by atoms with E-state index in [1.807, 2.05) is 17.7 Å². The summed E-state index contributed by atoms with van der Waals surface area (Å²) in [5.74, 6) is -0.234. The highest BCUT2D eigenvalue weighted by atomic mass is 19.1. The fraction of sp³-hybridized carbons (Fsp3) is 0.318. The molecule has 1 atom stereocenters. The molecule has 3 nitrogen and oxygen atoms in total. The number of nitrogens with one attached hydrogen (secondary N) is 1. The second-order valence-electron chi connectivity index (χ2n) is 6.67. The van der Waals surface area contributed by atoms with Gasteiger partial charge in [-0.3, -0.25) is 0 Å². The van der Waals surface area contributed by atoms with Gasteiger partial charge in [-0.2, -0.15) is 5.10 Å². The molecule has 0 aliphatic rings. The number of hydrogen-bond acceptors (Lipinski definition) is 2. The van der Waals surface area contributed by atoms with Crippen molar-refractivity contribution < 1.29 is 4.39 Å². The molecule has 1 aromatic heterocycles. The Balaban J connectivity index is 1.80. The third-order valence-electron chi connectivity index (χ3n) is 4.82. The number of rotatable bonds is 7. The Morgan fingerprint density at radius 2 is 1.73 bits per heavy atom. The molecule has 3 rings (SSSR count). The van der Waals surface area contributed by atoms with Crippen molar-refractivity contribution in [1.82, 2.24) is 15.1 Å². The van der Waals surface area contributed by atoms with Gasteiger partial charge in [-0.1, -0.05) is 43.7 Å². The third kappa shape index (κ3) is 4.02. The van der Waals surface area contributed by atoms with E-state index in [0.29, 0.717) is 6.04 Å². The highest BCUT2D eigenvalue weighted by Gasteiger charge is 2.15. The zero-order chi connectivity index (χ0) is 18.5. The van der Waals surface area contributed by atoms with Gasteiger partial charge in [-0.15, -0.1) is 0 Å². The minimum Gasteiger partial charge on any atom is -0.306 e. The normalized spacial score (nSPS) is 12.3. The summed E-state index contributed by atoms with van der Waals surface area (Å²) in [4.78, 5) is 0. The van der Waals surface area contributed by atoms with E-state index in [1.165, 1.54) is 23.3 Å². The SMILES string of the molecule is CCCC(NCc1c(C)nn(-c2ccc(F)cc2)c1C)c1ccccc1. The predicted molar refractivity (Wildman–Crippen MR) is 104 cm³/mol. The summed E-state index contributed by atoms with van der Waals surface area (Å²) < 4.78 is 15.1. The van der Waals surface area contributed by atoms with Crippen LogP contribution in [0.15, 0.2) is 54.6 Å². The van der Waals surface area contributed by atoms with E-state index >= 15 is 0 Å². The Morgan fingerprint density at radius 3 is 2.38 bits per heavy atom. The van der Waals surface area contributed by atoms with Crippen LogP contribution in [-0.2, 0) is 6.54 Å². The van der Waals surface area contributed by atoms with E-state index < -0.39 is 0 Å². The zero-order valence-electron chi connectivity index (χ0n) is 15.7. The molecule has 2 aromatic carbocycles. The number of halogens is 1. The first-order valence-corrected chi connectivity index (χ1v) is 9.19. The first-order valence-electron chi connectivity index (χ1n) is 9.19. The summed E-state index contributed by atoms with van der Waals surface area (Å²) in [6.07, 6.45) is 2.22. The molecule has 4 heteroatoms. The first-order chi connectivity index (χ1) is 12.6. The number of hydrogen-bond donors (Lipinski definition) is 1. The van der Waals surface area contributed by atoms with Crippen LogP contribution in [0.25, 0.3) is 5.69 Å². The second-order valence-corrected chi connectivity index (χ2v) is 6.67. The summed E-state index contributed by atoms with van der Waals surface area (Å²) in [6.45, 7) is 7.07. The highest BCUT2D eigenvalue weighted by molar-refractivity contribution is 5.37. The first kappa shape index (κ1) is 18.3. The van der Waals surface area contributed by atoms with Crippen molar-refractivity contribution in [3.8, 4) is 5.69 Å². The molecule has 0 aliphatic heterocycles. The minimum atomic E-state index is -0.234. The second kappa shape index (κ2) is 8.28. The topological polar surface area (TPSA) is 29.9 Å². The van der Waals surface area contributed by atoms with Gasteiger partial charge < -0.3 is 5.32 Å². The van der Waals surface area contributed by atoms with Gasteiger partial charge in [0.25, 0.3) is 0 Å². The van der Waals surface area contributed by atoms with Crippen LogP contribution >= 0.6 is 0 Å². The number of aryl methyl sites for hydroxylation is 1. The monoisotopic (exact) mass is 351 g/mol. The Hall–Kier alpha value is -2.46. The molecule has 1 unspecified atom stereocenters. The fourth-order valence-electron chi connectivity index (χ4n) is 3.35. The summed E-state index contributed by atoms with van der Waals surface area (Å²) in [7, 11) is 0. The van der Waals surface area contributed by atoms with E-state index in [0.717, 1.165) is 36.5 Å². The smallest absolute Gasteiger partial charge is 0.123 e. The van der Waals surface area contributed by atoms with Crippen molar-refractivity contribution in [2.45, 2.75) is 46.2 Å². The Morgan fingerprint density at radius 1 is 1.04 bits per heavy atom. The summed E-state index contributed by atoms with van der Waals surface area (Å²) in [5.41, 5.74) is 5.49. The lowest BCUT2D eigenvalue weighted by Gasteiger charge is -2.19. The zero-order valence-corrected chi connectivity index (χ0v) is 15.7. The Bertz CT molecular complexity index is 838. The van der Waals surface area contributed by atoms with Crippen molar-refractivity contribution in [2.24, 2.45) is 0 Å². The maximum Gasteiger partial charge on any atom is 0.123 e. The molecule has 1 N–H and O–H groups in total. The van der Waals surface area contributed by atoms with Crippen molar-refractivity contribution >= 4 is 0 Å². The maximum atomic E-state index is 13.2. The highest BCUT2D eigenvalue weighted by Crippen LogP contribution is 2.22. The summed E-state index contributed by atoms with van der Waals surface area (Å²) >= 11 is 0.